The molecule has 0 saturated heterocycles. The first kappa shape index (κ1) is 17.0. The lowest BCUT2D eigenvalue weighted by molar-refractivity contribution is -0.168. The summed E-state index contributed by atoms with van der Waals surface area (Å²) < 4.78 is 11.5. The highest BCUT2D eigenvalue weighted by Crippen LogP contribution is 2.59. The van der Waals surface area contributed by atoms with E-state index in [1.165, 1.54) is 0 Å². The van der Waals surface area contributed by atoms with Crippen LogP contribution in [0, 0.1) is 30.1 Å². The molecule has 3 rings (SSSR count). The quantitative estimate of drug-likeness (QED) is 0.599. The van der Waals surface area contributed by atoms with Crippen LogP contribution in [0.3, 0.4) is 0 Å². The molecule has 5 unspecified atom stereocenters. The molecule has 0 aliphatic heterocycles. The number of esters is 1. The predicted molar refractivity (Wildman–Crippen MR) is 90.6 cm³/mol. The van der Waals surface area contributed by atoms with Crippen LogP contribution < -0.4 is 0 Å². The van der Waals surface area contributed by atoms with Crippen LogP contribution in [0.4, 0.5) is 0 Å². The molecule has 1 heterocycles. The van der Waals surface area contributed by atoms with E-state index in [1.807, 2.05) is 6.92 Å². The van der Waals surface area contributed by atoms with Crippen molar-refractivity contribution in [3.8, 4) is 0 Å². The largest absolute Gasteiger partial charge is 0.461 e. The Morgan fingerprint density at radius 3 is 2.88 bits per heavy atom. The van der Waals surface area contributed by atoms with E-state index in [0.717, 1.165) is 30.4 Å². The van der Waals surface area contributed by atoms with Gasteiger partial charge in [0.2, 0.25) is 5.78 Å². The predicted octanol–water partition coefficient (Wildman–Crippen LogP) is 4.63. The van der Waals surface area contributed by atoms with E-state index >= 15 is 0 Å². The maximum Gasteiger partial charge on any atom is 0.313 e. The van der Waals surface area contributed by atoms with Gasteiger partial charge in [0.15, 0.2) is 5.76 Å². The number of hydrogen-bond donors (Lipinski definition) is 0. The molecular weight excluding hydrogens is 304 g/mol. The monoisotopic (exact) mass is 330 g/mol. The number of ketones is 1. The number of furan rings is 1. The Morgan fingerprint density at radius 1 is 1.50 bits per heavy atom. The van der Waals surface area contributed by atoms with E-state index in [9.17, 15) is 9.59 Å². The topological polar surface area (TPSA) is 56.5 Å². The molecule has 1 fully saturated rings. The van der Waals surface area contributed by atoms with Crippen LogP contribution in [0.15, 0.2) is 23.3 Å². The van der Waals surface area contributed by atoms with Crippen molar-refractivity contribution in [1.29, 1.82) is 0 Å². The second-order valence-electron chi connectivity index (χ2n) is 7.62. The molecule has 1 aromatic heterocycles. The van der Waals surface area contributed by atoms with Crippen molar-refractivity contribution in [2.45, 2.75) is 53.1 Å². The van der Waals surface area contributed by atoms with Gasteiger partial charge < -0.3 is 9.15 Å². The second kappa shape index (κ2) is 5.91. The highest BCUT2D eigenvalue weighted by atomic mass is 16.5. The van der Waals surface area contributed by atoms with Crippen molar-refractivity contribution in [3.63, 3.8) is 0 Å². The molecule has 4 heteroatoms. The number of aryl methyl sites for hydroxylation is 1. The molecule has 2 aliphatic carbocycles. The summed E-state index contributed by atoms with van der Waals surface area (Å²) in [7, 11) is 0. The van der Waals surface area contributed by atoms with E-state index in [-0.39, 0.29) is 23.6 Å². The minimum absolute atomic E-state index is 0.0659. The van der Waals surface area contributed by atoms with E-state index in [1.54, 1.807) is 19.3 Å². The highest BCUT2D eigenvalue weighted by Gasteiger charge is 2.58. The molecular formula is C20H26O4. The van der Waals surface area contributed by atoms with Gasteiger partial charge in [-0.05, 0) is 38.2 Å². The lowest BCUT2D eigenvalue weighted by Gasteiger charge is -2.51. The van der Waals surface area contributed by atoms with Gasteiger partial charge >= 0.3 is 5.97 Å². The minimum Gasteiger partial charge on any atom is -0.461 e. The number of hydrogen-bond acceptors (Lipinski definition) is 4. The van der Waals surface area contributed by atoms with Crippen LogP contribution in [0.25, 0.3) is 0 Å². The van der Waals surface area contributed by atoms with Crippen LogP contribution in [0.1, 0.15) is 67.8 Å². The van der Waals surface area contributed by atoms with Gasteiger partial charge in [-0.15, -0.1) is 6.58 Å². The molecule has 4 nitrogen and oxygen atoms in total. The fraction of sp³-hybridized carbons (Fsp3) is 0.600. The van der Waals surface area contributed by atoms with Gasteiger partial charge in [-0.25, -0.2) is 0 Å². The smallest absolute Gasteiger partial charge is 0.313 e. The Balaban J connectivity index is 2.12. The normalized spacial score (nSPS) is 33.3. The van der Waals surface area contributed by atoms with Crippen LogP contribution in [-0.2, 0) is 9.53 Å². The third-order valence-electron chi connectivity index (χ3n) is 6.29. The standard InChI is InChI=1S/C20H26O4/c1-6-11(2)19(22)24-18-15-12(3)10-23-17(15)16(21)14-9-7-8-13(4)20(14,18)5/h6,10-11,13-14,18H,1,7-9H2,2-5H3. The summed E-state index contributed by atoms with van der Waals surface area (Å²) in [6.07, 6.45) is 5.63. The summed E-state index contributed by atoms with van der Waals surface area (Å²) in [6.45, 7) is 11.6. The SMILES string of the molecule is C=CC(C)C(=O)OC1c2c(C)coc2C(=O)C2CCCC(C)C21C. The van der Waals surface area contributed by atoms with Gasteiger partial charge in [0, 0.05) is 16.9 Å². The zero-order valence-corrected chi connectivity index (χ0v) is 14.9. The van der Waals surface area contributed by atoms with Crippen LogP contribution in [0.2, 0.25) is 0 Å². The Morgan fingerprint density at radius 2 is 2.21 bits per heavy atom. The van der Waals surface area contributed by atoms with Crippen molar-refractivity contribution < 1.29 is 18.7 Å². The van der Waals surface area contributed by atoms with E-state index < -0.39 is 11.5 Å². The number of ether oxygens (including phenoxy) is 1. The van der Waals surface area contributed by atoms with Gasteiger partial charge in [-0.1, -0.05) is 26.3 Å². The number of fused-ring (bicyclic) bond motifs is 2. The van der Waals surface area contributed by atoms with Crippen LogP contribution in [-0.4, -0.2) is 11.8 Å². The Kier molecular flexibility index (Phi) is 4.18. The molecule has 5 atom stereocenters. The number of carbonyl (C=O) groups is 2. The third-order valence-corrected chi connectivity index (χ3v) is 6.29. The summed E-state index contributed by atoms with van der Waals surface area (Å²) in [5.41, 5.74) is 1.24. The van der Waals surface area contributed by atoms with Crippen molar-refractivity contribution >= 4 is 11.8 Å². The third kappa shape index (κ3) is 2.27. The molecule has 0 spiro atoms. The number of Topliss-reactive ketones (excluding diaryl/α,β-unsaturated/α-hetero) is 1. The average molecular weight is 330 g/mol. The second-order valence-corrected chi connectivity index (χ2v) is 7.62. The number of rotatable bonds is 3. The van der Waals surface area contributed by atoms with Crippen molar-refractivity contribution in [1.82, 2.24) is 0 Å². The minimum atomic E-state index is -0.445. The molecule has 1 saturated carbocycles. The van der Waals surface area contributed by atoms with Gasteiger partial charge in [0.25, 0.3) is 0 Å². The first-order chi connectivity index (χ1) is 11.3. The van der Waals surface area contributed by atoms with Gasteiger partial charge in [0.05, 0.1) is 12.2 Å². The maximum absolute atomic E-state index is 13.0. The molecule has 0 bridgehead atoms. The summed E-state index contributed by atoms with van der Waals surface area (Å²) in [5, 5.41) is 0. The Hall–Kier alpha value is -1.84. The van der Waals surface area contributed by atoms with Crippen molar-refractivity contribution in [2.24, 2.45) is 23.2 Å². The summed E-state index contributed by atoms with van der Waals surface area (Å²) in [5.74, 6) is -0.0900. The molecule has 130 valence electrons. The zero-order chi connectivity index (χ0) is 17.6. The van der Waals surface area contributed by atoms with Crippen LogP contribution >= 0.6 is 0 Å². The summed E-state index contributed by atoms with van der Waals surface area (Å²) in [6, 6.07) is 0. The summed E-state index contributed by atoms with van der Waals surface area (Å²) >= 11 is 0. The van der Waals surface area contributed by atoms with Crippen molar-refractivity contribution in [2.75, 3.05) is 0 Å². The zero-order valence-electron chi connectivity index (χ0n) is 14.9. The number of carbonyl (C=O) groups excluding carboxylic acids is 2. The first-order valence-corrected chi connectivity index (χ1v) is 8.77. The molecule has 0 radical (unpaired) electrons. The van der Waals surface area contributed by atoms with E-state index in [2.05, 4.69) is 20.4 Å². The molecule has 24 heavy (non-hydrogen) atoms. The molecule has 1 aromatic rings. The van der Waals surface area contributed by atoms with Gasteiger partial charge in [-0.2, -0.15) is 0 Å². The van der Waals surface area contributed by atoms with Crippen molar-refractivity contribution in [3.05, 3.63) is 35.8 Å². The lowest BCUT2D eigenvalue weighted by Crippen LogP contribution is -2.50. The fourth-order valence-electron chi connectivity index (χ4n) is 4.39. The van der Waals surface area contributed by atoms with E-state index in [0.29, 0.717) is 11.7 Å². The first-order valence-electron chi connectivity index (χ1n) is 8.77. The highest BCUT2D eigenvalue weighted by molar-refractivity contribution is 5.99. The molecule has 0 N–H and O–H groups in total. The Labute approximate surface area is 143 Å². The molecule has 0 amide bonds. The molecule has 2 aliphatic rings. The fourth-order valence-corrected chi connectivity index (χ4v) is 4.39. The van der Waals surface area contributed by atoms with Gasteiger partial charge in [-0.3, -0.25) is 9.59 Å². The van der Waals surface area contributed by atoms with Gasteiger partial charge in [0.1, 0.15) is 6.10 Å². The average Bonchev–Trinajstić information content (AvgIpc) is 2.94. The Bertz CT molecular complexity index is 686. The van der Waals surface area contributed by atoms with E-state index in [4.69, 9.17) is 9.15 Å². The molecule has 0 aromatic carbocycles. The van der Waals surface area contributed by atoms with Crippen LogP contribution in [0.5, 0.6) is 0 Å². The maximum atomic E-state index is 13.0. The lowest BCUT2D eigenvalue weighted by atomic mass is 9.54. The summed E-state index contributed by atoms with van der Waals surface area (Å²) in [4.78, 5) is 25.5.